The van der Waals surface area contributed by atoms with E-state index in [1.54, 1.807) is 0 Å². The van der Waals surface area contributed by atoms with Crippen molar-refractivity contribution in [2.24, 2.45) is 5.73 Å². The van der Waals surface area contributed by atoms with E-state index >= 15 is 0 Å². The second-order valence-corrected chi connectivity index (χ2v) is 3.91. The van der Waals surface area contributed by atoms with Crippen molar-refractivity contribution in [3.63, 3.8) is 0 Å². The van der Waals surface area contributed by atoms with Crippen LogP contribution in [0.1, 0.15) is 25.8 Å². The van der Waals surface area contributed by atoms with Crippen molar-refractivity contribution in [2.45, 2.75) is 25.7 Å². The maximum absolute atomic E-state index is 5.46. The average Bonchev–Trinajstić information content (AvgIpc) is 2.27. The summed E-state index contributed by atoms with van der Waals surface area (Å²) >= 11 is 0. The third-order valence-electron chi connectivity index (χ3n) is 2.91. The largest absolute Gasteiger partial charge is 0.318 e. The van der Waals surface area contributed by atoms with Gasteiger partial charge in [0.25, 0.3) is 0 Å². The highest BCUT2D eigenvalue weighted by Crippen LogP contribution is 2.26. The summed E-state index contributed by atoms with van der Waals surface area (Å²) in [6, 6.07) is 10.6. The van der Waals surface area contributed by atoms with Crippen molar-refractivity contribution in [1.82, 2.24) is 5.32 Å². The minimum absolute atomic E-state index is 0.195. The molecule has 0 saturated carbocycles. The van der Waals surface area contributed by atoms with E-state index in [2.05, 4.69) is 49.5 Å². The fourth-order valence-corrected chi connectivity index (χ4v) is 1.62. The number of nitrogens with two attached hydrogens (primary N) is 1. The van der Waals surface area contributed by atoms with Gasteiger partial charge in [0.15, 0.2) is 0 Å². The molecule has 0 aliphatic heterocycles. The Labute approximate surface area is 86.5 Å². The van der Waals surface area contributed by atoms with E-state index < -0.39 is 0 Å². The summed E-state index contributed by atoms with van der Waals surface area (Å²) < 4.78 is 0. The lowest BCUT2D eigenvalue weighted by Gasteiger charge is -2.29. The summed E-state index contributed by atoms with van der Waals surface area (Å²) in [5.41, 5.74) is 7.03. The molecule has 0 spiro atoms. The smallest absolute Gasteiger partial charge is 0.0429 e. The van der Waals surface area contributed by atoms with E-state index in [1.807, 2.05) is 0 Å². The van der Waals surface area contributed by atoms with Crippen LogP contribution in [0.15, 0.2) is 30.3 Å². The predicted octanol–water partition coefficient (Wildman–Crippen LogP) is 1.86. The Hall–Kier alpha value is -0.860. The molecule has 78 valence electrons. The SMILES string of the molecule is CCC(C)(CNCN)c1ccccc1. The molecule has 1 aromatic carbocycles. The van der Waals surface area contributed by atoms with Crippen LogP contribution in [0.4, 0.5) is 0 Å². The van der Waals surface area contributed by atoms with Crippen molar-refractivity contribution in [3.8, 4) is 0 Å². The molecule has 2 nitrogen and oxygen atoms in total. The van der Waals surface area contributed by atoms with E-state index in [-0.39, 0.29) is 5.41 Å². The maximum Gasteiger partial charge on any atom is 0.0429 e. The van der Waals surface area contributed by atoms with Crippen LogP contribution in [0.25, 0.3) is 0 Å². The quantitative estimate of drug-likeness (QED) is 0.699. The van der Waals surface area contributed by atoms with Crippen LogP contribution in [0.5, 0.6) is 0 Å². The third-order valence-corrected chi connectivity index (χ3v) is 2.91. The third kappa shape index (κ3) is 2.56. The number of benzene rings is 1. The van der Waals surface area contributed by atoms with E-state index in [1.165, 1.54) is 5.56 Å². The molecule has 0 saturated heterocycles. The van der Waals surface area contributed by atoms with Gasteiger partial charge in [0.2, 0.25) is 0 Å². The Morgan fingerprint density at radius 1 is 1.29 bits per heavy atom. The molecule has 0 fully saturated rings. The first-order valence-corrected chi connectivity index (χ1v) is 5.19. The molecule has 0 amide bonds. The summed E-state index contributed by atoms with van der Waals surface area (Å²) in [6.07, 6.45) is 1.12. The highest BCUT2D eigenvalue weighted by molar-refractivity contribution is 5.24. The van der Waals surface area contributed by atoms with E-state index in [9.17, 15) is 0 Å². The van der Waals surface area contributed by atoms with Gasteiger partial charge >= 0.3 is 0 Å². The zero-order valence-electron chi connectivity index (χ0n) is 9.09. The molecule has 14 heavy (non-hydrogen) atoms. The van der Waals surface area contributed by atoms with Gasteiger partial charge in [-0.05, 0) is 12.0 Å². The number of hydrogen-bond acceptors (Lipinski definition) is 2. The molecule has 0 aromatic heterocycles. The van der Waals surface area contributed by atoms with Crippen LogP contribution in [0.3, 0.4) is 0 Å². The zero-order chi connectivity index (χ0) is 10.4. The molecular formula is C12H20N2. The Morgan fingerprint density at radius 2 is 1.93 bits per heavy atom. The Balaban J connectivity index is 2.79. The first-order chi connectivity index (χ1) is 6.73. The Bertz CT molecular complexity index is 258. The summed E-state index contributed by atoms with van der Waals surface area (Å²) in [6.45, 7) is 5.96. The highest BCUT2D eigenvalue weighted by Gasteiger charge is 2.23. The molecule has 1 atom stereocenters. The molecule has 0 aliphatic rings. The van der Waals surface area contributed by atoms with Gasteiger partial charge in [0.05, 0.1) is 0 Å². The lowest BCUT2D eigenvalue weighted by Crippen LogP contribution is -2.37. The Morgan fingerprint density at radius 3 is 2.43 bits per heavy atom. The van der Waals surface area contributed by atoms with Gasteiger partial charge in [0.1, 0.15) is 0 Å². The first kappa shape index (κ1) is 11.2. The fraction of sp³-hybridized carbons (Fsp3) is 0.500. The van der Waals surface area contributed by atoms with Crippen molar-refractivity contribution in [2.75, 3.05) is 13.2 Å². The van der Waals surface area contributed by atoms with Crippen molar-refractivity contribution in [3.05, 3.63) is 35.9 Å². The van der Waals surface area contributed by atoms with Crippen LogP contribution < -0.4 is 11.1 Å². The lowest BCUT2D eigenvalue weighted by molar-refractivity contribution is 0.420. The van der Waals surface area contributed by atoms with Gasteiger partial charge in [-0.2, -0.15) is 0 Å². The van der Waals surface area contributed by atoms with Gasteiger partial charge in [-0.1, -0.05) is 44.2 Å². The number of hydrogen-bond donors (Lipinski definition) is 2. The summed E-state index contributed by atoms with van der Waals surface area (Å²) in [5, 5.41) is 3.22. The minimum atomic E-state index is 0.195. The average molecular weight is 192 g/mol. The lowest BCUT2D eigenvalue weighted by atomic mass is 9.80. The van der Waals surface area contributed by atoms with Crippen LogP contribution in [0, 0.1) is 0 Å². The van der Waals surface area contributed by atoms with Crippen LogP contribution in [0.2, 0.25) is 0 Å². The van der Waals surface area contributed by atoms with E-state index in [4.69, 9.17) is 5.73 Å². The highest BCUT2D eigenvalue weighted by atomic mass is 15.0. The molecule has 0 aliphatic carbocycles. The standard InChI is InChI=1S/C12H20N2/c1-3-12(2,9-14-10-13)11-7-5-4-6-8-11/h4-8,14H,3,9-10,13H2,1-2H3. The molecule has 3 N–H and O–H groups in total. The fourth-order valence-electron chi connectivity index (χ4n) is 1.62. The molecule has 1 rings (SSSR count). The van der Waals surface area contributed by atoms with Gasteiger partial charge < -0.3 is 11.1 Å². The molecule has 2 heteroatoms. The molecule has 1 unspecified atom stereocenters. The second-order valence-electron chi connectivity index (χ2n) is 3.91. The second kappa shape index (κ2) is 5.13. The zero-order valence-corrected chi connectivity index (χ0v) is 9.09. The molecule has 1 aromatic rings. The van der Waals surface area contributed by atoms with Crippen molar-refractivity contribution >= 4 is 0 Å². The summed E-state index contributed by atoms with van der Waals surface area (Å²) in [7, 11) is 0. The molecular weight excluding hydrogens is 172 g/mol. The predicted molar refractivity (Wildman–Crippen MR) is 61.1 cm³/mol. The van der Waals surface area contributed by atoms with Gasteiger partial charge in [-0.3, -0.25) is 0 Å². The van der Waals surface area contributed by atoms with E-state index in [0.29, 0.717) is 6.67 Å². The summed E-state index contributed by atoms with van der Waals surface area (Å²) in [4.78, 5) is 0. The minimum Gasteiger partial charge on any atom is -0.318 e. The van der Waals surface area contributed by atoms with E-state index in [0.717, 1.165) is 13.0 Å². The van der Waals surface area contributed by atoms with Crippen LogP contribution in [-0.4, -0.2) is 13.2 Å². The molecule has 0 radical (unpaired) electrons. The van der Waals surface area contributed by atoms with Gasteiger partial charge in [-0.15, -0.1) is 0 Å². The van der Waals surface area contributed by atoms with Gasteiger partial charge in [0, 0.05) is 18.6 Å². The molecule has 0 heterocycles. The topological polar surface area (TPSA) is 38.0 Å². The Kier molecular flexibility index (Phi) is 4.11. The van der Waals surface area contributed by atoms with Gasteiger partial charge in [-0.25, -0.2) is 0 Å². The number of nitrogens with one attached hydrogen (secondary N) is 1. The normalized spacial score (nSPS) is 15.1. The maximum atomic E-state index is 5.46. The van der Waals surface area contributed by atoms with Crippen LogP contribution in [-0.2, 0) is 5.41 Å². The molecule has 0 bridgehead atoms. The van der Waals surface area contributed by atoms with Crippen molar-refractivity contribution < 1.29 is 0 Å². The van der Waals surface area contributed by atoms with Crippen molar-refractivity contribution in [1.29, 1.82) is 0 Å². The summed E-state index contributed by atoms with van der Waals surface area (Å²) in [5.74, 6) is 0. The monoisotopic (exact) mass is 192 g/mol. The van der Waals surface area contributed by atoms with Crippen LogP contribution >= 0.6 is 0 Å². The first-order valence-electron chi connectivity index (χ1n) is 5.19. The number of rotatable bonds is 5.